The van der Waals surface area contributed by atoms with Gasteiger partial charge in [-0.3, -0.25) is 28.7 Å². The average Bonchev–Trinajstić information content (AvgIpc) is 1.62. The third kappa shape index (κ3) is 24.1. The highest BCUT2D eigenvalue weighted by atomic mass is 16.6. The van der Waals surface area contributed by atoms with E-state index >= 15 is 0 Å². The lowest BCUT2D eigenvalue weighted by Gasteiger charge is -2.26. The van der Waals surface area contributed by atoms with Gasteiger partial charge in [-0.15, -0.1) is 0 Å². The van der Waals surface area contributed by atoms with E-state index in [1.165, 1.54) is 0 Å². The fourth-order valence-corrected chi connectivity index (χ4v) is 10.7. The van der Waals surface area contributed by atoms with E-state index in [1.807, 2.05) is 97.9 Å². The summed E-state index contributed by atoms with van der Waals surface area (Å²) in [6, 6.07) is 35.5. The molecule has 24 nitrogen and oxygen atoms in total. The lowest BCUT2D eigenvalue weighted by atomic mass is 10.0. The average molecular weight is 1330 g/mol. The van der Waals surface area contributed by atoms with Gasteiger partial charge in [0.15, 0.2) is 5.82 Å². The van der Waals surface area contributed by atoms with Crippen LogP contribution < -0.4 is 48.3 Å². The molecule has 0 fully saturated rings. The van der Waals surface area contributed by atoms with Crippen molar-refractivity contribution in [3.63, 3.8) is 0 Å². The number of urea groups is 1. The number of aryl methyl sites for hydroxylation is 2. The van der Waals surface area contributed by atoms with Crippen LogP contribution in [0, 0.1) is 5.92 Å². The highest BCUT2D eigenvalue weighted by Crippen LogP contribution is 2.32. The normalized spacial score (nSPS) is 11.8. The molecular weight excluding hydrogens is 1240 g/mol. The van der Waals surface area contributed by atoms with Gasteiger partial charge < -0.3 is 72.0 Å². The van der Waals surface area contributed by atoms with Gasteiger partial charge in [0.05, 0.1) is 70.6 Å². The Kier molecular flexibility index (Phi) is 30.7. The summed E-state index contributed by atoms with van der Waals surface area (Å²) in [5.41, 5.74) is 21.1. The van der Waals surface area contributed by atoms with Crippen LogP contribution in [0.4, 0.5) is 26.8 Å². The predicted molar refractivity (Wildman–Crippen MR) is 375 cm³/mol. The third-order valence-corrected chi connectivity index (χ3v) is 16.0. The maximum Gasteiger partial charge on any atom is 0.407 e. The molecule has 0 aliphatic rings. The Balaban J connectivity index is 0.742. The fraction of sp³-hybridized carbons (Fsp3) is 0.411. The summed E-state index contributed by atoms with van der Waals surface area (Å²) in [5.74, 6) is -1.87. The van der Waals surface area contributed by atoms with Crippen molar-refractivity contribution in [3.8, 4) is 0 Å². The monoisotopic (exact) mass is 1330 g/mol. The zero-order chi connectivity index (χ0) is 69.3. The van der Waals surface area contributed by atoms with E-state index in [2.05, 4.69) is 61.1 Å². The molecule has 2 aromatic heterocycles. The summed E-state index contributed by atoms with van der Waals surface area (Å²) in [4.78, 5) is 97.4. The van der Waals surface area contributed by atoms with Crippen LogP contribution in [0.15, 0.2) is 128 Å². The number of alkyl carbamates (subject to hydrolysis) is 1. The minimum atomic E-state index is -1.06. The van der Waals surface area contributed by atoms with Gasteiger partial charge in [0.1, 0.15) is 24.2 Å². The van der Waals surface area contributed by atoms with E-state index in [1.54, 1.807) is 49.1 Å². The van der Waals surface area contributed by atoms with E-state index in [0.717, 1.165) is 81.3 Å². The zero-order valence-electron chi connectivity index (χ0n) is 56.2. The van der Waals surface area contributed by atoms with E-state index in [4.69, 9.17) is 40.3 Å². The number of nitrogen functional groups attached to an aromatic ring is 1. The molecule has 7 rings (SSSR count). The second-order valence-electron chi connectivity index (χ2n) is 23.6. The first kappa shape index (κ1) is 74.6. The van der Waals surface area contributed by atoms with E-state index in [-0.39, 0.29) is 96.1 Å². The molecule has 0 unspecified atom stereocenters. The Hall–Kier alpha value is -9.75. The maximum atomic E-state index is 13.7. The van der Waals surface area contributed by atoms with Crippen LogP contribution in [0.5, 0.6) is 0 Å². The second-order valence-corrected chi connectivity index (χ2v) is 23.6. The smallest absolute Gasteiger partial charge is 0.407 e. The highest BCUT2D eigenvalue weighted by Gasteiger charge is 2.29. The molecule has 0 aliphatic heterocycles. The minimum absolute atomic E-state index is 0.0350. The van der Waals surface area contributed by atoms with Crippen LogP contribution in [0.2, 0.25) is 0 Å². The molecule has 2 atom stereocenters. The van der Waals surface area contributed by atoms with Crippen molar-refractivity contribution in [1.82, 2.24) is 41.3 Å². The Morgan fingerprint density at radius 3 is 2.00 bits per heavy atom. The summed E-state index contributed by atoms with van der Waals surface area (Å²) >= 11 is 0. The molecule has 2 heterocycles. The molecule has 0 radical (unpaired) electrons. The molecule has 8 amide bonds. The SMILES string of the molecule is C=Cc1ccccc1CN(C(=O)CCC(=O)NCCOCCOCCOCCOCCC(=O)N[C@H](C(=O)N[C@@H](CCCNC(N)=O)C(=O)Nc1ccc(COC(=O)NCc2ccc(Cc3c4c(nn3CCCC)c(N)nc3ccccc34)cc2)cc1)C(C)C)c1ccccc1CC. The van der Waals surface area contributed by atoms with Gasteiger partial charge in [-0.2, -0.15) is 5.10 Å². The fourth-order valence-electron chi connectivity index (χ4n) is 10.7. The van der Waals surface area contributed by atoms with Gasteiger partial charge in [-0.1, -0.05) is 144 Å². The topological polar surface area (TPSA) is 324 Å². The van der Waals surface area contributed by atoms with Crippen molar-refractivity contribution < 1.29 is 57.2 Å². The summed E-state index contributed by atoms with van der Waals surface area (Å²) in [5, 5.41) is 23.4. The first-order valence-corrected chi connectivity index (χ1v) is 33.3. The van der Waals surface area contributed by atoms with Crippen molar-refractivity contribution in [1.29, 1.82) is 0 Å². The summed E-state index contributed by atoms with van der Waals surface area (Å²) in [6.07, 6.45) is 5.03. The number of benzene rings is 5. The lowest BCUT2D eigenvalue weighted by Crippen LogP contribution is -2.54. The van der Waals surface area contributed by atoms with E-state index in [9.17, 15) is 33.6 Å². The van der Waals surface area contributed by atoms with Crippen LogP contribution in [0.1, 0.15) is 112 Å². The van der Waals surface area contributed by atoms with Gasteiger partial charge in [0.25, 0.3) is 0 Å². The molecule has 518 valence electrons. The highest BCUT2D eigenvalue weighted by molar-refractivity contribution is 6.09. The summed E-state index contributed by atoms with van der Waals surface area (Å²) in [6.45, 7) is 15.5. The van der Waals surface area contributed by atoms with Gasteiger partial charge in [-0.05, 0) is 89.2 Å². The number of hydrogen-bond donors (Lipinski definition) is 8. The predicted octanol–water partition coefficient (Wildman–Crippen LogP) is 8.79. The number of ether oxygens (including phenoxy) is 5. The number of fused-ring (bicyclic) bond motifs is 3. The molecule has 0 aliphatic carbocycles. The number of aromatic nitrogens is 3. The van der Waals surface area contributed by atoms with Gasteiger partial charge in [-0.25, -0.2) is 14.6 Å². The number of carbonyl (C=O) groups excluding carboxylic acids is 7. The number of hydrogen-bond acceptors (Lipinski definition) is 15. The molecular formula is C73H94N12O12. The quantitative estimate of drug-likeness (QED) is 0.0166. The second kappa shape index (κ2) is 40.0. The van der Waals surface area contributed by atoms with Gasteiger partial charge >= 0.3 is 12.1 Å². The van der Waals surface area contributed by atoms with Crippen LogP contribution in [0.3, 0.4) is 0 Å². The number of nitrogens with one attached hydrogen (secondary N) is 6. The molecule has 0 saturated heterocycles. The Morgan fingerprint density at radius 2 is 1.31 bits per heavy atom. The van der Waals surface area contributed by atoms with Gasteiger partial charge in [0, 0.05) is 74.0 Å². The standard InChI is InChI=1S/C73H94N12O12/c1-6-9-37-85-62(66-58-20-13-14-21-59(58)80-69(74)68(66)83-85)46-51-24-26-52(27-25-51)47-78-73(92)97-49-53-28-30-57(31-29-53)79-70(89)60(22-16-35-77-72(75)91)81-71(90)67(50(4)5)82-64(87)34-38-93-40-42-95-44-45-96-43-41-94-39-36-76-63(86)32-33-65(88)84(61-23-15-12-18-55(61)8-3)48-56-19-11-10-17-54(56)7-2/h7,10-15,17-21,23-31,50,60,67H,2,6,8-9,16,22,32-49H2,1,3-5H3,(H2,74,80)(H,76,86)(H,78,92)(H,79,89)(H,81,90)(H,82,87)(H3,75,77,91)/t60-,67-/m0/s1. The van der Waals surface area contributed by atoms with Crippen LogP contribution >= 0.6 is 0 Å². The Morgan fingerprint density at radius 1 is 0.660 bits per heavy atom. The summed E-state index contributed by atoms with van der Waals surface area (Å²) in [7, 11) is 0. The third-order valence-electron chi connectivity index (χ3n) is 16.0. The van der Waals surface area contributed by atoms with Crippen LogP contribution in [-0.4, -0.2) is 134 Å². The number of carbonyl (C=O) groups is 7. The zero-order valence-corrected chi connectivity index (χ0v) is 56.2. The van der Waals surface area contributed by atoms with Crippen molar-refractivity contribution in [3.05, 3.63) is 167 Å². The summed E-state index contributed by atoms with van der Waals surface area (Å²) < 4.78 is 29.9. The molecule has 7 aromatic rings. The number of rotatable bonds is 42. The van der Waals surface area contributed by atoms with Crippen molar-refractivity contribution in [2.75, 3.05) is 81.9 Å². The molecule has 24 heteroatoms. The van der Waals surface area contributed by atoms with Gasteiger partial charge in [0.2, 0.25) is 29.5 Å². The number of pyridine rings is 1. The lowest BCUT2D eigenvalue weighted by molar-refractivity contribution is -0.132. The Labute approximate surface area is 567 Å². The van der Waals surface area contributed by atoms with Crippen LogP contribution in [0.25, 0.3) is 27.9 Å². The number of unbranched alkanes of at least 4 members (excludes halogenated alkanes) is 1. The molecule has 0 bridgehead atoms. The van der Waals surface area contributed by atoms with Crippen molar-refractivity contribution >= 4 is 86.7 Å². The molecule has 0 saturated carbocycles. The molecule has 10 N–H and O–H groups in total. The number of nitrogens with zero attached hydrogens (tertiary/aromatic N) is 4. The number of primary amides is 1. The van der Waals surface area contributed by atoms with Crippen LogP contribution in [-0.2, 0) is 86.7 Å². The molecule has 5 aromatic carbocycles. The maximum absolute atomic E-state index is 13.7. The first-order chi connectivity index (χ1) is 47.0. The number of nitrogens with two attached hydrogens (primary N) is 2. The number of amides is 8. The number of para-hydroxylation sites is 2. The Bertz CT molecular complexity index is 3710. The van der Waals surface area contributed by atoms with Crippen molar-refractivity contribution in [2.24, 2.45) is 11.7 Å². The first-order valence-electron chi connectivity index (χ1n) is 33.3. The van der Waals surface area contributed by atoms with E-state index < -0.39 is 41.9 Å². The van der Waals surface area contributed by atoms with Crippen molar-refractivity contribution in [2.45, 2.75) is 124 Å². The molecule has 0 spiro atoms. The largest absolute Gasteiger partial charge is 0.445 e. The van der Waals surface area contributed by atoms with E-state index in [0.29, 0.717) is 68.4 Å². The number of anilines is 3. The molecule has 97 heavy (non-hydrogen) atoms. The minimum Gasteiger partial charge on any atom is -0.445 e.